The van der Waals surface area contributed by atoms with Gasteiger partial charge in [0, 0.05) is 24.6 Å². The maximum atomic E-state index is 11.8. The Bertz CT molecular complexity index is 918. The first-order valence-electron chi connectivity index (χ1n) is 11.9. The molecule has 1 saturated heterocycles. The van der Waals surface area contributed by atoms with Crippen LogP contribution in [0.4, 0.5) is 4.79 Å². The molecule has 3 unspecified atom stereocenters. The van der Waals surface area contributed by atoms with Crippen LogP contribution in [0.25, 0.3) is 10.8 Å². The maximum absolute atomic E-state index is 11.8. The van der Waals surface area contributed by atoms with Crippen LogP contribution in [-0.2, 0) is 15.9 Å². The van der Waals surface area contributed by atoms with E-state index in [-0.39, 0.29) is 0 Å². The van der Waals surface area contributed by atoms with E-state index < -0.39 is 11.6 Å². The Hall–Kier alpha value is -2.31. The Morgan fingerprint density at radius 1 is 1.24 bits per heavy atom. The summed E-state index contributed by atoms with van der Waals surface area (Å²) in [5.74, 6) is 1.67. The Labute approximate surface area is 197 Å². The zero-order chi connectivity index (χ0) is 24.0. The SMILES string of the molecule is COCCOc1cccc2ccc(CC(CCN(C(=O)O)C(C)(C)C)C(C)CC3CO3)cc12. The minimum Gasteiger partial charge on any atom is -0.491 e. The molecule has 1 fully saturated rings. The third-order valence-corrected chi connectivity index (χ3v) is 6.56. The van der Waals surface area contributed by atoms with Gasteiger partial charge >= 0.3 is 6.09 Å². The zero-order valence-corrected chi connectivity index (χ0v) is 20.7. The summed E-state index contributed by atoms with van der Waals surface area (Å²) in [6.45, 7) is 10.6. The van der Waals surface area contributed by atoms with Crippen molar-refractivity contribution in [3.8, 4) is 5.75 Å². The topological polar surface area (TPSA) is 71.5 Å². The van der Waals surface area contributed by atoms with E-state index in [2.05, 4.69) is 31.2 Å². The summed E-state index contributed by atoms with van der Waals surface area (Å²) < 4.78 is 16.6. The molecule has 6 heteroatoms. The standard InChI is InChI=1S/C27H39NO5/c1-19(15-23-18-33-23)22(11-12-28(26(29)30)27(2,3)4)16-20-9-10-21-7-6-8-25(24(21)17-20)32-14-13-31-5/h6-10,17,19,22-23H,11-16,18H2,1-5H3,(H,29,30). The smallest absolute Gasteiger partial charge is 0.407 e. The van der Waals surface area contributed by atoms with Gasteiger partial charge in [0.2, 0.25) is 0 Å². The van der Waals surface area contributed by atoms with Gasteiger partial charge in [-0.1, -0.05) is 31.2 Å². The number of nitrogens with zero attached hydrogens (tertiary/aromatic N) is 1. The van der Waals surface area contributed by atoms with Crippen LogP contribution in [0.1, 0.15) is 46.1 Å². The number of methoxy groups -OCH3 is 1. The predicted molar refractivity (Wildman–Crippen MR) is 131 cm³/mol. The van der Waals surface area contributed by atoms with Crippen LogP contribution in [0.15, 0.2) is 36.4 Å². The minimum atomic E-state index is -0.858. The van der Waals surface area contributed by atoms with E-state index in [0.29, 0.717) is 37.7 Å². The third kappa shape index (κ3) is 7.34. The quantitative estimate of drug-likeness (QED) is 0.331. The molecule has 2 aromatic carbocycles. The van der Waals surface area contributed by atoms with E-state index in [4.69, 9.17) is 14.2 Å². The van der Waals surface area contributed by atoms with Gasteiger partial charge in [0.15, 0.2) is 0 Å². The fourth-order valence-corrected chi connectivity index (χ4v) is 4.49. The number of hydrogen-bond acceptors (Lipinski definition) is 4. The number of epoxide rings is 1. The van der Waals surface area contributed by atoms with Gasteiger partial charge in [-0.2, -0.15) is 0 Å². The highest BCUT2D eigenvalue weighted by atomic mass is 16.6. The lowest BCUT2D eigenvalue weighted by Crippen LogP contribution is -2.46. The largest absolute Gasteiger partial charge is 0.491 e. The molecule has 1 heterocycles. The summed E-state index contributed by atoms with van der Waals surface area (Å²) in [5.41, 5.74) is 0.827. The molecular formula is C27H39NO5. The van der Waals surface area contributed by atoms with Crippen LogP contribution in [-0.4, -0.2) is 61.2 Å². The molecule has 182 valence electrons. The molecule has 33 heavy (non-hydrogen) atoms. The zero-order valence-electron chi connectivity index (χ0n) is 20.7. The fourth-order valence-electron chi connectivity index (χ4n) is 4.49. The van der Waals surface area contributed by atoms with E-state index in [9.17, 15) is 9.90 Å². The number of carbonyl (C=O) groups is 1. The molecule has 0 radical (unpaired) electrons. The highest BCUT2D eigenvalue weighted by Gasteiger charge is 2.31. The number of amides is 1. The second kappa shape index (κ2) is 11.2. The molecule has 0 spiro atoms. The molecule has 1 aliphatic heterocycles. The van der Waals surface area contributed by atoms with E-state index in [1.165, 1.54) is 5.56 Å². The summed E-state index contributed by atoms with van der Waals surface area (Å²) in [6.07, 6.45) is 2.24. The molecule has 3 atom stereocenters. The number of ether oxygens (including phenoxy) is 3. The van der Waals surface area contributed by atoms with Crippen LogP contribution in [0.2, 0.25) is 0 Å². The fraction of sp³-hybridized carbons (Fsp3) is 0.593. The Kier molecular flexibility index (Phi) is 8.60. The van der Waals surface area contributed by atoms with Gasteiger partial charge in [0.1, 0.15) is 12.4 Å². The van der Waals surface area contributed by atoms with E-state index >= 15 is 0 Å². The Morgan fingerprint density at radius 2 is 2.00 bits per heavy atom. The lowest BCUT2D eigenvalue weighted by Gasteiger charge is -2.35. The van der Waals surface area contributed by atoms with Gasteiger partial charge in [-0.3, -0.25) is 0 Å². The first-order valence-corrected chi connectivity index (χ1v) is 11.9. The normalized spacial score (nSPS) is 17.5. The van der Waals surface area contributed by atoms with E-state index in [0.717, 1.165) is 42.4 Å². The Morgan fingerprint density at radius 3 is 2.64 bits per heavy atom. The van der Waals surface area contributed by atoms with Crippen molar-refractivity contribution in [2.24, 2.45) is 11.8 Å². The molecule has 0 aliphatic carbocycles. The summed E-state index contributed by atoms with van der Waals surface area (Å²) >= 11 is 0. The van der Waals surface area contributed by atoms with Crippen LogP contribution < -0.4 is 4.74 Å². The minimum absolute atomic E-state index is 0.359. The van der Waals surface area contributed by atoms with Gasteiger partial charge in [0.25, 0.3) is 0 Å². The average Bonchev–Trinajstić information content (AvgIpc) is 3.56. The van der Waals surface area contributed by atoms with Gasteiger partial charge < -0.3 is 24.2 Å². The van der Waals surface area contributed by atoms with Gasteiger partial charge in [-0.25, -0.2) is 4.79 Å². The van der Waals surface area contributed by atoms with Crippen molar-refractivity contribution in [2.75, 3.05) is 33.5 Å². The van der Waals surface area contributed by atoms with Crippen LogP contribution in [0.3, 0.4) is 0 Å². The summed E-state index contributed by atoms with van der Waals surface area (Å²) in [4.78, 5) is 13.4. The molecule has 1 aliphatic rings. The number of rotatable bonds is 12. The molecule has 0 bridgehead atoms. The monoisotopic (exact) mass is 457 g/mol. The van der Waals surface area contributed by atoms with Crippen molar-refractivity contribution in [3.05, 3.63) is 42.0 Å². The molecule has 1 amide bonds. The number of carboxylic acid groups (broad SMARTS) is 1. The van der Waals surface area contributed by atoms with Gasteiger partial charge in [-0.15, -0.1) is 0 Å². The lowest BCUT2D eigenvalue weighted by atomic mass is 9.82. The van der Waals surface area contributed by atoms with Crippen molar-refractivity contribution in [1.29, 1.82) is 0 Å². The number of benzene rings is 2. The van der Waals surface area contributed by atoms with Crippen molar-refractivity contribution < 1.29 is 24.1 Å². The second-order valence-corrected chi connectivity index (χ2v) is 10.2. The molecule has 0 aromatic heterocycles. The molecule has 2 aromatic rings. The predicted octanol–water partition coefficient (Wildman–Crippen LogP) is 5.62. The molecule has 3 rings (SSSR count). The number of fused-ring (bicyclic) bond motifs is 1. The van der Waals surface area contributed by atoms with Crippen LogP contribution in [0, 0.1) is 11.8 Å². The first kappa shape index (κ1) is 25.3. The summed E-state index contributed by atoms with van der Waals surface area (Å²) in [7, 11) is 1.67. The summed E-state index contributed by atoms with van der Waals surface area (Å²) in [5, 5.41) is 12.0. The van der Waals surface area contributed by atoms with Crippen molar-refractivity contribution in [3.63, 3.8) is 0 Å². The summed E-state index contributed by atoms with van der Waals surface area (Å²) in [6, 6.07) is 12.7. The first-order chi connectivity index (χ1) is 15.7. The van der Waals surface area contributed by atoms with Crippen molar-refractivity contribution in [1.82, 2.24) is 4.90 Å². The van der Waals surface area contributed by atoms with Crippen molar-refractivity contribution >= 4 is 16.9 Å². The highest BCUT2D eigenvalue weighted by molar-refractivity contribution is 5.88. The maximum Gasteiger partial charge on any atom is 0.407 e. The molecule has 0 saturated carbocycles. The van der Waals surface area contributed by atoms with Gasteiger partial charge in [-0.05, 0) is 75.0 Å². The van der Waals surface area contributed by atoms with Gasteiger partial charge in [0.05, 0.1) is 19.3 Å². The van der Waals surface area contributed by atoms with Crippen LogP contribution >= 0.6 is 0 Å². The average molecular weight is 458 g/mol. The van der Waals surface area contributed by atoms with Crippen LogP contribution in [0.5, 0.6) is 5.75 Å². The molecular weight excluding hydrogens is 418 g/mol. The lowest BCUT2D eigenvalue weighted by molar-refractivity contribution is 0.0927. The van der Waals surface area contributed by atoms with E-state index in [1.807, 2.05) is 32.9 Å². The Balaban J connectivity index is 1.79. The van der Waals surface area contributed by atoms with E-state index in [1.54, 1.807) is 12.0 Å². The highest BCUT2D eigenvalue weighted by Crippen LogP contribution is 2.32. The molecule has 6 nitrogen and oxygen atoms in total. The second-order valence-electron chi connectivity index (χ2n) is 10.2. The molecule has 1 N–H and O–H groups in total. The third-order valence-electron chi connectivity index (χ3n) is 6.56. The number of hydrogen-bond donors (Lipinski definition) is 1. The van der Waals surface area contributed by atoms with Crippen molar-refractivity contribution in [2.45, 2.75) is 58.6 Å².